The number of benzene rings is 1. The maximum Gasteiger partial charge on any atom is 0.190 e. The molecule has 94 valence electrons. The summed E-state index contributed by atoms with van der Waals surface area (Å²) in [6.07, 6.45) is 1.63. The van der Waals surface area contributed by atoms with Crippen LogP contribution in [0.2, 0.25) is 0 Å². The molecule has 0 amide bonds. The van der Waals surface area contributed by atoms with Crippen molar-refractivity contribution in [1.29, 1.82) is 0 Å². The first-order chi connectivity index (χ1) is 8.72. The van der Waals surface area contributed by atoms with Crippen molar-refractivity contribution in [2.75, 3.05) is 12.4 Å². The summed E-state index contributed by atoms with van der Waals surface area (Å²) in [6, 6.07) is 7.92. The number of hydrogen-bond donors (Lipinski definition) is 1. The summed E-state index contributed by atoms with van der Waals surface area (Å²) < 4.78 is 31.7. The van der Waals surface area contributed by atoms with Gasteiger partial charge in [0.2, 0.25) is 0 Å². The molecular formula is C13H12F2N2O. The fourth-order valence-corrected chi connectivity index (χ4v) is 1.55. The maximum absolute atomic E-state index is 13.8. The number of halogens is 2. The van der Waals surface area contributed by atoms with Crippen molar-refractivity contribution in [3.8, 4) is 5.75 Å². The van der Waals surface area contributed by atoms with E-state index < -0.39 is 11.6 Å². The van der Waals surface area contributed by atoms with Gasteiger partial charge in [0.15, 0.2) is 17.4 Å². The minimum Gasteiger partial charge on any atom is -0.491 e. The smallest absolute Gasteiger partial charge is 0.190 e. The van der Waals surface area contributed by atoms with Gasteiger partial charge < -0.3 is 10.1 Å². The van der Waals surface area contributed by atoms with Crippen LogP contribution in [0.3, 0.4) is 0 Å². The predicted octanol–water partition coefficient (Wildman–Crippen LogP) is 2.98. The van der Waals surface area contributed by atoms with Crippen molar-refractivity contribution < 1.29 is 13.5 Å². The van der Waals surface area contributed by atoms with E-state index in [0.29, 0.717) is 11.4 Å². The molecule has 18 heavy (non-hydrogen) atoms. The number of rotatable bonds is 4. The fraction of sp³-hybridized carbons (Fsp3) is 0.154. The van der Waals surface area contributed by atoms with Crippen LogP contribution in [-0.4, -0.2) is 12.1 Å². The second kappa shape index (κ2) is 5.44. The quantitative estimate of drug-likeness (QED) is 0.905. The standard InChI is InChI=1S/C13H12F2N2O/c1-18-13-10(14)6-5-9(12(13)15)8-17-11-4-2-3-7-16-11/h2-7H,8H2,1H3,(H,16,17). The number of hydrogen-bond acceptors (Lipinski definition) is 3. The van der Waals surface area contributed by atoms with Crippen molar-refractivity contribution >= 4 is 5.82 Å². The molecule has 1 heterocycles. The monoisotopic (exact) mass is 250 g/mol. The molecule has 1 N–H and O–H groups in total. The second-order valence-electron chi connectivity index (χ2n) is 3.62. The van der Waals surface area contributed by atoms with Gasteiger partial charge in [0.25, 0.3) is 0 Å². The van der Waals surface area contributed by atoms with Gasteiger partial charge in [-0.2, -0.15) is 0 Å². The minimum atomic E-state index is -0.711. The summed E-state index contributed by atoms with van der Waals surface area (Å²) in [5, 5.41) is 2.94. The Bertz CT molecular complexity index is 532. The lowest BCUT2D eigenvalue weighted by Gasteiger charge is -2.09. The van der Waals surface area contributed by atoms with E-state index in [0.717, 1.165) is 0 Å². The van der Waals surface area contributed by atoms with E-state index in [2.05, 4.69) is 15.0 Å². The third kappa shape index (κ3) is 2.56. The van der Waals surface area contributed by atoms with Crippen LogP contribution in [0.1, 0.15) is 5.56 Å². The molecule has 0 aliphatic heterocycles. The summed E-state index contributed by atoms with van der Waals surface area (Å²) in [4.78, 5) is 4.04. The molecule has 0 spiro atoms. The number of pyridine rings is 1. The molecule has 0 radical (unpaired) electrons. The lowest BCUT2D eigenvalue weighted by atomic mass is 10.2. The van der Waals surface area contributed by atoms with Crippen molar-refractivity contribution in [2.24, 2.45) is 0 Å². The van der Waals surface area contributed by atoms with Gasteiger partial charge in [-0.25, -0.2) is 13.8 Å². The zero-order valence-electron chi connectivity index (χ0n) is 9.78. The van der Waals surface area contributed by atoms with Gasteiger partial charge in [0, 0.05) is 18.3 Å². The molecule has 0 saturated heterocycles. The number of anilines is 1. The van der Waals surface area contributed by atoms with E-state index in [4.69, 9.17) is 0 Å². The molecule has 3 nitrogen and oxygen atoms in total. The highest BCUT2D eigenvalue weighted by molar-refractivity contribution is 5.38. The molecule has 0 atom stereocenters. The highest BCUT2D eigenvalue weighted by Crippen LogP contribution is 2.24. The number of aromatic nitrogens is 1. The average Bonchev–Trinajstić information content (AvgIpc) is 2.40. The van der Waals surface area contributed by atoms with Crippen LogP contribution in [0.4, 0.5) is 14.6 Å². The van der Waals surface area contributed by atoms with E-state index in [1.165, 1.54) is 19.2 Å². The van der Waals surface area contributed by atoms with Gasteiger partial charge in [0.05, 0.1) is 7.11 Å². The summed E-state index contributed by atoms with van der Waals surface area (Å²) in [5.74, 6) is -1.15. The van der Waals surface area contributed by atoms with Crippen LogP contribution < -0.4 is 10.1 Å². The molecular weight excluding hydrogens is 238 g/mol. The normalized spacial score (nSPS) is 10.2. The first-order valence-electron chi connectivity index (χ1n) is 5.38. The molecule has 0 aliphatic rings. The Balaban J connectivity index is 2.15. The van der Waals surface area contributed by atoms with Crippen LogP contribution in [0.5, 0.6) is 5.75 Å². The van der Waals surface area contributed by atoms with E-state index in [9.17, 15) is 8.78 Å². The second-order valence-corrected chi connectivity index (χ2v) is 3.62. The maximum atomic E-state index is 13.8. The van der Waals surface area contributed by atoms with E-state index in [-0.39, 0.29) is 12.3 Å². The van der Waals surface area contributed by atoms with Crippen LogP contribution in [0.25, 0.3) is 0 Å². The van der Waals surface area contributed by atoms with Crippen molar-refractivity contribution in [1.82, 2.24) is 4.98 Å². The topological polar surface area (TPSA) is 34.1 Å². The van der Waals surface area contributed by atoms with Gasteiger partial charge in [-0.05, 0) is 18.2 Å². The van der Waals surface area contributed by atoms with Gasteiger partial charge in [0.1, 0.15) is 5.82 Å². The van der Waals surface area contributed by atoms with Crippen LogP contribution in [0, 0.1) is 11.6 Å². The molecule has 5 heteroatoms. The summed E-state index contributed by atoms with van der Waals surface area (Å²) >= 11 is 0. The zero-order valence-corrected chi connectivity index (χ0v) is 9.78. The van der Waals surface area contributed by atoms with Crippen LogP contribution >= 0.6 is 0 Å². The number of nitrogens with zero attached hydrogens (tertiary/aromatic N) is 1. The summed E-state index contributed by atoms with van der Waals surface area (Å²) in [6.45, 7) is 0.208. The Morgan fingerprint density at radius 3 is 2.72 bits per heavy atom. The van der Waals surface area contributed by atoms with Gasteiger partial charge in [-0.3, -0.25) is 0 Å². The molecule has 0 unspecified atom stereocenters. The average molecular weight is 250 g/mol. The molecule has 0 fully saturated rings. The highest BCUT2D eigenvalue weighted by Gasteiger charge is 2.13. The molecule has 1 aromatic heterocycles. The van der Waals surface area contributed by atoms with Crippen molar-refractivity contribution in [3.05, 3.63) is 53.7 Å². The van der Waals surface area contributed by atoms with Crippen LogP contribution in [0.15, 0.2) is 36.5 Å². The van der Waals surface area contributed by atoms with E-state index in [1.54, 1.807) is 18.3 Å². The Morgan fingerprint density at radius 2 is 2.06 bits per heavy atom. The first kappa shape index (κ1) is 12.3. The third-order valence-corrected chi connectivity index (χ3v) is 2.46. The van der Waals surface area contributed by atoms with Gasteiger partial charge in [-0.15, -0.1) is 0 Å². The summed E-state index contributed by atoms with van der Waals surface area (Å²) in [7, 11) is 1.23. The van der Waals surface area contributed by atoms with E-state index >= 15 is 0 Å². The largest absolute Gasteiger partial charge is 0.491 e. The Labute approximate surface area is 103 Å². The zero-order chi connectivity index (χ0) is 13.0. The number of nitrogens with one attached hydrogen (secondary N) is 1. The fourth-order valence-electron chi connectivity index (χ4n) is 1.55. The Morgan fingerprint density at radius 1 is 1.22 bits per heavy atom. The predicted molar refractivity (Wildman–Crippen MR) is 64.5 cm³/mol. The minimum absolute atomic E-state index is 0.208. The highest BCUT2D eigenvalue weighted by atomic mass is 19.1. The first-order valence-corrected chi connectivity index (χ1v) is 5.38. The van der Waals surface area contributed by atoms with Gasteiger partial charge in [-0.1, -0.05) is 12.1 Å². The van der Waals surface area contributed by atoms with Crippen molar-refractivity contribution in [3.63, 3.8) is 0 Å². The molecule has 0 saturated carbocycles. The number of ether oxygens (including phenoxy) is 1. The Kier molecular flexibility index (Phi) is 3.72. The van der Waals surface area contributed by atoms with Crippen molar-refractivity contribution in [2.45, 2.75) is 6.54 Å². The lowest BCUT2D eigenvalue weighted by Crippen LogP contribution is -2.05. The molecule has 1 aromatic carbocycles. The van der Waals surface area contributed by atoms with Gasteiger partial charge >= 0.3 is 0 Å². The summed E-state index contributed by atoms with van der Waals surface area (Å²) in [5.41, 5.74) is 0.318. The third-order valence-electron chi connectivity index (χ3n) is 2.46. The van der Waals surface area contributed by atoms with E-state index in [1.807, 2.05) is 6.07 Å². The molecule has 2 aromatic rings. The Hall–Kier alpha value is -2.17. The molecule has 0 bridgehead atoms. The van der Waals surface area contributed by atoms with Crippen LogP contribution in [-0.2, 0) is 6.54 Å². The number of methoxy groups -OCH3 is 1. The lowest BCUT2D eigenvalue weighted by molar-refractivity contribution is 0.358. The molecule has 2 rings (SSSR count). The SMILES string of the molecule is COc1c(F)ccc(CNc2ccccn2)c1F. The molecule has 0 aliphatic carbocycles.